The Morgan fingerprint density at radius 1 is 1.47 bits per heavy atom. The van der Waals surface area contributed by atoms with Crippen LogP contribution in [-0.2, 0) is 11.2 Å². The van der Waals surface area contributed by atoms with E-state index in [1.54, 1.807) is 6.92 Å². The van der Waals surface area contributed by atoms with Crippen LogP contribution in [0.15, 0.2) is 24.3 Å². The molecule has 1 rings (SSSR count). The summed E-state index contributed by atoms with van der Waals surface area (Å²) in [5.74, 6) is -0.151. The Morgan fingerprint density at radius 2 is 2.06 bits per heavy atom. The van der Waals surface area contributed by atoms with Gasteiger partial charge in [0, 0.05) is 10.6 Å². The molecule has 0 spiro atoms. The van der Waals surface area contributed by atoms with Gasteiger partial charge in [-0.05, 0) is 38.8 Å². The molecule has 94 valence electrons. The Kier molecular flexibility index (Phi) is 4.54. The lowest BCUT2D eigenvalue weighted by molar-refractivity contribution is -0.123. The molecule has 0 aliphatic rings. The molecule has 4 heteroatoms. The average Bonchev–Trinajstić information content (AvgIpc) is 2.20. The molecule has 0 aromatic heterocycles. The monoisotopic (exact) mass is 254 g/mol. The molecule has 0 heterocycles. The molecule has 0 fully saturated rings. The summed E-state index contributed by atoms with van der Waals surface area (Å²) >= 11 is 6.09. The summed E-state index contributed by atoms with van der Waals surface area (Å²) in [4.78, 5) is 11.6. The normalized spacial score (nSPS) is 13.2. The second kappa shape index (κ2) is 5.52. The third-order valence-corrected chi connectivity index (χ3v) is 2.83. The molecule has 0 aliphatic heterocycles. The van der Waals surface area contributed by atoms with Gasteiger partial charge in [0.1, 0.15) is 0 Å². The minimum Gasteiger partial charge on any atom is -0.350 e. The van der Waals surface area contributed by atoms with Gasteiger partial charge >= 0.3 is 0 Å². The van der Waals surface area contributed by atoms with Gasteiger partial charge in [0.25, 0.3) is 0 Å². The Labute approximate surface area is 107 Å². The van der Waals surface area contributed by atoms with Gasteiger partial charge in [0.05, 0.1) is 6.04 Å². The van der Waals surface area contributed by atoms with E-state index in [1.807, 2.05) is 38.1 Å². The zero-order valence-electron chi connectivity index (χ0n) is 10.5. The van der Waals surface area contributed by atoms with Gasteiger partial charge in [-0.2, -0.15) is 0 Å². The van der Waals surface area contributed by atoms with Crippen LogP contribution in [0.3, 0.4) is 0 Å². The van der Waals surface area contributed by atoms with Crippen LogP contribution in [-0.4, -0.2) is 17.5 Å². The maximum Gasteiger partial charge on any atom is 0.237 e. The minimum absolute atomic E-state index is 0.151. The number of benzene rings is 1. The molecule has 0 saturated heterocycles. The summed E-state index contributed by atoms with van der Waals surface area (Å²) in [5, 5.41) is 3.63. The molecule has 17 heavy (non-hydrogen) atoms. The van der Waals surface area contributed by atoms with Crippen LogP contribution in [0.1, 0.15) is 26.3 Å². The molecule has 1 aromatic carbocycles. The Hall–Kier alpha value is -1.06. The van der Waals surface area contributed by atoms with Crippen LogP contribution >= 0.6 is 11.6 Å². The number of carbonyl (C=O) groups is 1. The quantitative estimate of drug-likeness (QED) is 0.865. The van der Waals surface area contributed by atoms with Gasteiger partial charge in [-0.15, -0.1) is 0 Å². The van der Waals surface area contributed by atoms with Crippen molar-refractivity contribution in [3.05, 3.63) is 34.9 Å². The molecule has 1 atom stereocenters. The van der Waals surface area contributed by atoms with Crippen molar-refractivity contribution in [2.24, 2.45) is 5.73 Å². The second-order valence-corrected chi connectivity index (χ2v) is 5.34. The predicted octanol–water partition coefficient (Wildman–Crippen LogP) is 2.12. The fourth-order valence-corrected chi connectivity index (χ4v) is 1.81. The maximum atomic E-state index is 11.6. The van der Waals surface area contributed by atoms with Crippen molar-refractivity contribution in [1.29, 1.82) is 0 Å². The molecule has 0 unspecified atom stereocenters. The Bertz CT molecular complexity index is 402. The highest BCUT2D eigenvalue weighted by Gasteiger charge is 2.23. The third-order valence-electron chi connectivity index (χ3n) is 2.47. The Morgan fingerprint density at radius 3 is 2.59 bits per heavy atom. The van der Waals surface area contributed by atoms with Crippen molar-refractivity contribution in [3.63, 3.8) is 0 Å². The summed E-state index contributed by atoms with van der Waals surface area (Å²) in [6.07, 6.45) is 0.672. The highest BCUT2D eigenvalue weighted by Crippen LogP contribution is 2.20. The minimum atomic E-state index is -0.500. The van der Waals surface area contributed by atoms with E-state index in [0.717, 1.165) is 10.6 Å². The SMILES string of the molecule is C[C@H](N)C(=O)NC(C)(C)Cc1ccccc1Cl. The van der Waals surface area contributed by atoms with E-state index in [1.165, 1.54) is 0 Å². The van der Waals surface area contributed by atoms with E-state index in [2.05, 4.69) is 5.32 Å². The fourth-order valence-electron chi connectivity index (χ4n) is 1.61. The van der Waals surface area contributed by atoms with Crippen molar-refractivity contribution >= 4 is 17.5 Å². The fraction of sp³-hybridized carbons (Fsp3) is 0.462. The molecule has 0 saturated carbocycles. The summed E-state index contributed by atoms with van der Waals surface area (Å²) in [6, 6.07) is 7.13. The molecule has 0 aliphatic carbocycles. The van der Waals surface area contributed by atoms with Gasteiger partial charge in [-0.1, -0.05) is 29.8 Å². The predicted molar refractivity (Wildman–Crippen MR) is 71.0 cm³/mol. The maximum absolute atomic E-state index is 11.6. The van der Waals surface area contributed by atoms with E-state index < -0.39 is 6.04 Å². The molecule has 3 N–H and O–H groups in total. The highest BCUT2D eigenvalue weighted by atomic mass is 35.5. The molecule has 0 bridgehead atoms. The lowest BCUT2D eigenvalue weighted by Gasteiger charge is -2.27. The van der Waals surface area contributed by atoms with Crippen molar-refractivity contribution < 1.29 is 4.79 Å². The van der Waals surface area contributed by atoms with Crippen LogP contribution in [0.4, 0.5) is 0 Å². The highest BCUT2D eigenvalue weighted by molar-refractivity contribution is 6.31. The average molecular weight is 255 g/mol. The first-order valence-corrected chi connectivity index (χ1v) is 6.00. The van der Waals surface area contributed by atoms with E-state index in [-0.39, 0.29) is 11.4 Å². The molecular weight excluding hydrogens is 236 g/mol. The number of halogens is 1. The van der Waals surface area contributed by atoms with Crippen LogP contribution in [0, 0.1) is 0 Å². The number of nitrogens with two attached hydrogens (primary N) is 1. The number of nitrogens with one attached hydrogen (secondary N) is 1. The standard InChI is InChI=1S/C13H19ClN2O/c1-9(15)12(17)16-13(2,3)8-10-6-4-5-7-11(10)14/h4-7,9H,8,15H2,1-3H3,(H,16,17)/t9-/m0/s1. The van der Waals surface area contributed by atoms with Crippen LogP contribution in [0.2, 0.25) is 5.02 Å². The van der Waals surface area contributed by atoms with Gasteiger partial charge in [0.15, 0.2) is 0 Å². The lowest BCUT2D eigenvalue weighted by atomic mass is 9.94. The van der Waals surface area contributed by atoms with Crippen LogP contribution in [0.5, 0.6) is 0 Å². The number of carbonyl (C=O) groups excluding carboxylic acids is 1. The van der Waals surface area contributed by atoms with Crippen LogP contribution in [0.25, 0.3) is 0 Å². The Balaban J connectivity index is 2.73. The molecule has 1 amide bonds. The molecule has 1 aromatic rings. The van der Waals surface area contributed by atoms with E-state index in [0.29, 0.717) is 6.42 Å². The first-order valence-electron chi connectivity index (χ1n) is 5.63. The summed E-state index contributed by atoms with van der Waals surface area (Å²) in [6.45, 7) is 5.58. The molecule has 3 nitrogen and oxygen atoms in total. The molecule has 0 radical (unpaired) electrons. The van der Waals surface area contributed by atoms with E-state index in [9.17, 15) is 4.79 Å². The van der Waals surface area contributed by atoms with Crippen molar-refractivity contribution in [2.75, 3.05) is 0 Å². The topological polar surface area (TPSA) is 55.1 Å². The number of amides is 1. The largest absolute Gasteiger partial charge is 0.350 e. The summed E-state index contributed by atoms with van der Waals surface area (Å²) in [5.41, 5.74) is 6.18. The first kappa shape index (κ1) is 14.0. The van der Waals surface area contributed by atoms with Crippen LogP contribution < -0.4 is 11.1 Å². The number of hydrogen-bond donors (Lipinski definition) is 2. The van der Waals surface area contributed by atoms with Gasteiger partial charge in [0.2, 0.25) is 5.91 Å². The van der Waals surface area contributed by atoms with Gasteiger partial charge in [-0.25, -0.2) is 0 Å². The van der Waals surface area contributed by atoms with E-state index in [4.69, 9.17) is 17.3 Å². The second-order valence-electron chi connectivity index (χ2n) is 4.93. The summed E-state index contributed by atoms with van der Waals surface area (Å²) in [7, 11) is 0. The smallest absolute Gasteiger partial charge is 0.237 e. The third kappa shape index (κ3) is 4.36. The van der Waals surface area contributed by atoms with E-state index >= 15 is 0 Å². The van der Waals surface area contributed by atoms with Gasteiger partial charge in [-0.3, -0.25) is 4.79 Å². The van der Waals surface area contributed by atoms with Crippen molar-refractivity contribution in [2.45, 2.75) is 38.8 Å². The zero-order valence-corrected chi connectivity index (χ0v) is 11.2. The lowest BCUT2D eigenvalue weighted by Crippen LogP contribution is -2.50. The number of rotatable bonds is 4. The zero-order chi connectivity index (χ0) is 13.1. The first-order chi connectivity index (χ1) is 7.82. The van der Waals surface area contributed by atoms with Crippen molar-refractivity contribution in [3.8, 4) is 0 Å². The number of hydrogen-bond acceptors (Lipinski definition) is 2. The summed E-state index contributed by atoms with van der Waals surface area (Å²) < 4.78 is 0. The van der Waals surface area contributed by atoms with Gasteiger partial charge < -0.3 is 11.1 Å². The van der Waals surface area contributed by atoms with Crippen molar-refractivity contribution in [1.82, 2.24) is 5.32 Å². The molecular formula is C13H19ClN2O.